The minimum Gasteiger partial charge on any atom is -0.495 e. The third kappa shape index (κ3) is 5.13. The first-order valence-corrected chi connectivity index (χ1v) is 13.0. The molecule has 7 nitrogen and oxygen atoms in total. The molecule has 8 heteroatoms. The van der Waals surface area contributed by atoms with Crippen LogP contribution in [0.2, 0.25) is 0 Å². The highest BCUT2D eigenvalue weighted by Crippen LogP contribution is 2.37. The van der Waals surface area contributed by atoms with Gasteiger partial charge in [-0.05, 0) is 74.4 Å². The van der Waals surface area contributed by atoms with E-state index in [-0.39, 0.29) is 10.9 Å². The van der Waals surface area contributed by atoms with Gasteiger partial charge in [-0.2, -0.15) is 0 Å². The first kappa shape index (κ1) is 23.9. The molecule has 2 aromatic rings. The number of nitrogens with one attached hydrogen (secondary N) is 1. The predicted molar refractivity (Wildman–Crippen MR) is 128 cm³/mol. The molecule has 2 aliphatic heterocycles. The zero-order chi connectivity index (χ0) is 23.6. The van der Waals surface area contributed by atoms with E-state index in [0.29, 0.717) is 17.8 Å². The topological polar surface area (TPSA) is 77.1 Å². The fourth-order valence-electron chi connectivity index (χ4n) is 5.31. The smallest absolute Gasteiger partial charge is 0.244 e. The largest absolute Gasteiger partial charge is 0.495 e. The van der Waals surface area contributed by atoms with Crippen molar-refractivity contribution in [1.82, 2.24) is 9.62 Å². The Hall–Kier alpha value is -2.29. The maximum absolute atomic E-state index is 13.1. The summed E-state index contributed by atoms with van der Waals surface area (Å²) in [5.41, 5.74) is 2.10. The van der Waals surface area contributed by atoms with Crippen molar-refractivity contribution in [2.24, 2.45) is 0 Å². The summed E-state index contributed by atoms with van der Waals surface area (Å²) in [5.74, 6) is 1.86. The van der Waals surface area contributed by atoms with Crippen LogP contribution in [0.15, 0.2) is 41.3 Å². The third-order valence-electron chi connectivity index (χ3n) is 6.92. The molecule has 2 saturated heterocycles. The quantitative estimate of drug-likeness (QED) is 0.599. The van der Waals surface area contributed by atoms with Crippen LogP contribution in [-0.4, -0.2) is 59.3 Å². The van der Waals surface area contributed by atoms with Gasteiger partial charge >= 0.3 is 0 Å². The minimum absolute atomic E-state index is 0.0601. The van der Waals surface area contributed by atoms with Gasteiger partial charge in [0.1, 0.15) is 10.6 Å². The van der Waals surface area contributed by atoms with Crippen LogP contribution in [0.5, 0.6) is 17.2 Å². The van der Waals surface area contributed by atoms with Crippen LogP contribution in [0.3, 0.4) is 0 Å². The number of hydrogen-bond acceptors (Lipinski definition) is 6. The van der Waals surface area contributed by atoms with Gasteiger partial charge in [0.15, 0.2) is 11.5 Å². The molecule has 0 saturated carbocycles. The molecule has 0 spiro atoms. The van der Waals surface area contributed by atoms with Crippen LogP contribution in [0.25, 0.3) is 0 Å². The van der Waals surface area contributed by atoms with Gasteiger partial charge < -0.3 is 14.2 Å². The highest BCUT2D eigenvalue weighted by Gasteiger charge is 2.41. The van der Waals surface area contributed by atoms with Gasteiger partial charge in [0.25, 0.3) is 0 Å². The molecule has 2 aliphatic rings. The molecule has 0 radical (unpaired) electrons. The van der Waals surface area contributed by atoms with Crippen molar-refractivity contribution in [1.29, 1.82) is 0 Å². The number of nitrogens with zero attached hydrogens (tertiary/aromatic N) is 1. The van der Waals surface area contributed by atoms with Crippen LogP contribution >= 0.6 is 0 Å². The van der Waals surface area contributed by atoms with Crippen molar-refractivity contribution in [3.63, 3.8) is 0 Å². The summed E-state index contributed by atoms with van der Waals surface area (Å²) in [6.45, 7) is 2.84. The average molecular weight is 475 g/mol. The summed E-state index contributed by atoms with van der Waals surface area (Å²) in [5, 5.41) is 0. The number of aryl methyl sites for hydroxylation is 1. The van der Waals surface area contributed by atoms with Gasteiger partial charge in [-0.15, -0.1) is 0 Å². The van der Waals surface area contributed by atoms with Crippen LogP contribution < -0.4 is 18.9 Å². The lowest BCUT2D eigenvalue weighted by Gasteiger charge is -2.39. The summed E-state index contributed by atoms with van der Waals surface area (Å²) in [7, 11) is 1.14. The third-order valence-corrected chi connectivity index (χ3v) is 8.46. The van der Waals surface area contributed by atoms with E-state index in [2.05, 4.69) is 15.7 Å². The maximum Gasteiger partial charge on any atom is 0.244 e. The van der Waals surface area contributed by atoms with E-state index >= 15 is 0 Å². The molecule has 2 aromatic carbocycles. The van der Waals surface area contributed by atoms with E-state index in [1.807, 2.05) is 25.1 Å². The van der Waals surface area contributed by atoms with Crippen LogP contribution in [-0.2, 0) is 16.4 Å². The van der Waals surface area contributed by atoms with Crippen molar-refractivity contribution in [3.05, 3.63) is 47.5 Å². The van der Waals surface area contributed by atoms with Crippen molar-refractivity contribution >= 4 is 10.0 Å². The van der Waals surface area contributed by atoms with Crippen LogP contribution in [0.4, 0.5) is 0 Å². The van der Waals surface area contributed by atoms with E-state index in [1.54, 1.807) is 26.4 Å². The number of methoxy groups -OCH3 is 3. The second kappa shape index (κ2) is 9.91. The Labute approximate surface area is 197 Å². The van der Waals surface area contributed by atoms with Crippen LogP contribution in [0, 0.1) is 6.92 Å². The Morgan fingerprint density at radius 2 is 1.55 bits per heavy atom. The second-order valence-corrected chi connectivity index (χ2v) is 10.7. The number of fused-ring (bicyclic) bond motifs is 2. The van der Waals surface area contributed by atoms with Crippen molar-refractivity contribution < 1.29 is 22.6 Å². The van der Waals surface area contributed by atoms with E-state index in [1.165, 1.54) is 12.7 Å². The standard InChI is InChI=1S/C25H34N2O5S/c1-17-5-9-23(31-3)25(13-17)33(28,29)26-19-15-20-7-8-21(16-19)27(20)12-11-18-6-10-22(30-2)24(14-18)32-4/h5-6,9-10,13-14,19-21,26H,7-8,11-12,15-16H2,1-4H3. The molecule has 0 aliphatic carbocycles. The van der Waals surface area contributed by atoms with E-state index in [4.69, 9.17) is 14.2 Å². The lowest BCUT2D eigenvalue weighted by molar-refractivity contribution is 0.125. The molecule has 2 fully saturated rings. The molecular formula is C25H34N2O5S. The minimum atomic E-state index is -3.65. The molecule has 0 amide bonds. The van der Waals surface area contributed by atoms with Crippen molar-refractivity contribution in [2.45, 2.75) is 62.0 Å². The van der Waals surface area contributed by atoms with E-state index < -0.39 is 10.0 Å². The Bertz CT molecular complexity index is 1070. The van der Waals surface area contributed by atoms with Gasteiger partial charge in [0.2, 0.25) is 10.0 Å². The van der Waals surface area contributed by atoms with Crippen molar-refractivity contribution in [2.75, 3.05) is 27.9 Å². The second-order valence-electron chi connectivity index (χ2n) is 9.01. The summed E-state index contributed by atoms with van der Waals surface area (Å²) in [4.78, 5) is 2.78. The van der Waals surface area contributed by atoms with Gasteiger partial charge in [0, 0.05) is 24.7 Å². The van der Waals surface area contributed by atoms with E-state index in [9.17, 15) is 8.42 Å². The van der Waals surface area contributed by atoms with Gasteiger partial charge in [0.05, 0.1) is 21.3 Å². The Morgan fingerprint density at radius 1 is 0.909 bits per heavy atom. The number of sulfonamides is 1. The summed E-state index contributed by atoms with van der Waals surface area (Å²) in [6, 6.07) is 12.1. The molecule has 4 rings (SSSR count). The zero-order valence-corrected chi connectivity index (χ0v) is 20.7. The van der Waals surface area contributed by atoms with Gasteiger partial charge in [-0.3, -0.25) is 4.90 Å². The normalized spacial score (nSPS) is 22.8. The van der Waals surface area contributed by atoms with Gasteiger partial charge in [-0.1, -0.05) is 12.1 Å². The monoisotopic (exact) mass is 474 g/mol. The molecule has 180 valence electrons. The number of rotatable bonds is 9. The molecule has 2 atom stereocenters. The molecule has 0 aromatic heterocycles. The number of ether oxygens (including phenoxy) is 3. The molecule has 33 heavy (non-hydrogen) atoms. The summed E-state index contributed by atoms with van der Waals surface area (Å²) >= 11 is 0. The molecule has 2 heterocycles. The molecule has 2 unspecified atom stereocenters. The highest BCUT2D eigenvalue weighted by atomic mass is 32.2. The van der Waals surface area contributed by atoms with E-state index in [0.717, 1.165) is 55.7 Å². The maximum atomic E-state index is 13.1. The first-order chi connectivity index (χ1) is 15.8. The fraction of sp³-hybridized carbons (Fsp3) is 0.520. The molecule has 2 bridgehead atoms. The molecular weight excluding hydrogens is 440 g/mol. The Morgan fingerprint density at radius 3 is 2.18 bits per heavy atom. The first-order valence-electron chi connectivity index (χ1n) is 11.5. The highest BCUT2D eigenvalue weighted by molar-refractivity contribution is 7.89. The number of benzene rings is 2. The zero-order valence-electron chi connectivity index (χ0n) is 19.8. The lowest BCUT2D eigenvalue weighted by Crippen LogP contribution is -2.50. The predicted octanol–water partition coefficient (Wildman–Crippen LogP) is 3.54. The van der Waals surface area contributed by atoms with Crippen molar-refractivity contribution in [3.8, 4) is 17.2 Å². The molecule has 1 N–H and O–H groups in total. The van der Waals surface area contributed by atoms with Gasteiger partial charge in [-0.25, -0.2) is 13.1 Å². The lowest BCUT2D eigenvalue weighted by atomic mass is 9.97. The summed E-state index contributed by atoms with van der Waals surface area (Å²) in [6.07, 6.45) is 4.81. The SMILES string of the molecule is COc1ccc(CCN2C3CCC2CC(NS(=O)(=O)c2cc(C)ccc2OC)C3)cc1OC. The average Bonchev–Trinajstić information content (AvgIpc) is 3.05. The number of hydrogen-bond donors (Lipinski definition) is 1. The summed E-state index contributed by atoms with van der Waals surface area (Å²) < 4.78 is 45.3. The Balaban J connectivity index is 1.40. The fourth-order valence-corrected chi connectivity index (χ4v) is 6.82. The van der Waals surface area contributed by atoms with Crippen LogP contribution in [0.1, 0.15) is 36.8 Å². The number of piperidine rings is 1. The Kier molecular flexibility index (Phi) is 7.16.